The van der Waals surface area contributed by atoms with Crippen molar-refractivity contribution in [1.82, 2.24) is 0 Å². The molecule has 0 aromatic heterocycles. The number of aryl methyl sites for hydroxylation is 1. The van der Waals surface area contributed by atoms with Crippen molar-refractivity contribution in [3.05, 3.63) is 53.6 Å². The maximum atomic E-state index is 10.2. The summed E-state index contributed by atoms with van der Waals surface area (Å²) in [5.41, 5.74) is 4.75. The number of benzene rings is 2. The zero-order valence-electron chi connectivity index (χ0n) is 11.1. The summed E-state index contributed by atoms with van der Waals surface area (Å²) in [6.07, 6.45) is 3.12. The molecule has 2 aromatic carbocycles. The largest absolute Gasteiger partial charge is 0.507 e. The van der Waals surface area contributed by atoms with Crippen LogP contribution in [-0.4, -0.2) is 5.11 Å². The van der Waals surface area contributed by atoms with Gasteiger partial charge in [0.1, 0.15) is 5.75 Å². The van der Waals surface area contributed by atoms with Gasteiger partial charge < -0.3 is 5.11 Å². The number of phenolic OH excluding ortho intramolecular Hbond substituents is 1. The lowest BCUT2D eigenvalue weighted by molar-refractivity contribution is 0.476. The number of aromatic hydroxyl groups is 1. The van der Waals surface area contributed by atoms with Crippen LogP contribution in [0.3, 0.4) is 0 Å². The van der Waals surface area contributed by atoms with Crippen molar-refractivity contribution in [1.29, 1.82) is 0 Å². The normalized spacial score (nSPS) is 10.6. The molecule has 0 radical (unpaired) electrons. The molecule has 0 heterocycles. The van der Waals surface area contributed by atoms with Crippen molar-refractivity contribution >= 4 is 0 Å². The van der Waals surface area contributed by atoms with E-state index >= 15 is 0 Å². The zero-order valence-corrected chi connectivity index (χ0v) is 11.1. The molecule has 0 fully saturated rings. The maximum Gasteiger partial charge on any atom is 0.123 e. The van der Waals surface area contributed by atoms with E-state index in [0.717, 1.165) is 30.4 Å². The third-order valence-corrected chi connectivity index (χ3v) is 3.33. The fraction of sp³-hybridized carbons (Fsp3) is 0.294. The minimum absolute atomic E-state index is 0.391. The van der Waals surface area contributed by atoms with Crippen molar-refractivity contribution in [3.8, 4) is 16.9 Å². The average Bonchev–Trinajstić information content (AvgIpc) is 2.40. The van der Waals surface area contributed by atoms with E-state index in [1.54, 1.807) is 0 Å². The highest BCUT2D eigenvalue weighted by atomic mass is 16.3. The molecule has 2 rings (SSSR count). The lowest BCUT2D eigenvalue weighted by Crippen LogP contribution is -1.97. The third kappa shape index (κ3) is 2.40. The summed E-state index contributed by atoms with van der Waals surface area (Å²) >= 11 is 0. The number of hydrogen-bond donors (Lipinski definition) is 1. The highest BCUT2D eigenvalue weighted by Gasteiger charge is 2.13. The monoisotopic (exact) mass is 240 g/mol. The SMILES string of the molecule is CCCc1c(CC)ccc(O)c1-c1ccccc1. The Morgan fingerprint density at radius 2 is 1.67 bits per heavy atom. The average molecular weight is 240 g/mol. The van der Waals surface area contributed by atoms with Gasteiger partial charge in [0, 0.05) is 5.56 Å². The predicted molar refractivity (Wildman–Crippen MR) is 76.9 cm³/mol. The Balaban J connectivity index is 2.64. The van der Waals surface area contributed by atoms with E-state index < -0.39 is 0 Å². The summed E-state index contributed by atoms with van der Waals surface area (Å²) in [7, 11) is 0. The lowest BCUT2D eigenvalue weighted by atomic mass is 9.91. The predicted octanol–water partition coefficient (Wildman–Crippen LogP) is 4.57. The number of rotatable bonds is 4. The molecule has 0 atom stereocenters. The fourth-order valence-electron chi connectivity index (χ4n) is 2.47. The second-order valence-corrected chi connectivity index (χ2v) is 4.57. The standard InChI is InChI=1S/C17H20O/c1-3-8-15-13(4-2)11-12-16(18)17(15)14-9-6-5-7-10-14/h5-7,9-12,18H,3-4,8H2,1-2H3. The van der Waals surface area contributed by atoms with Crippen LogP contribution in [-0.2, 0) is 12.8 Å². The molecule has 0 aliphatic heterocycles. The van der Waals surface area contributed by atoms with Crippen LogP contribution in [0.1, 0.15) is 31.4 Å². The van der Waals surface area contributed by atoms with Crippen LogP contribution in [0.15, 0.2) is 42.5 Å². The summed E-state index contributed by atoms with van der Waals surface area (Å²) < 4.78 is 0. The molecule has 0 amide bonds. The molecule has 0 bridgehead atoms. The highest BCUT2D eigenvalue weighted by molar-refractivity contribution is 5.75. The van der Waals surface area contributed by atoms with E-state index in [0.29, 0.717) is 5.75 Å². The van der Waals surface area contributed by atoms with Crippen LogP contribution in [0, 0.1) is 0 Å². The van der Waals surface area contributed by atoms with E-state index in [2.05, 4.69) is 26.0 Å². The Morgan fingerprint density at radius 3 is 2.28 bits per heavy atom. The summed E-state index contributed by atoms with van der Waals surface area (Å²) in [5, 5.41) is 10.2. The van der Waals surface area contributed by atoms with Crippen molar-refractivity contribution in [2.75, 3.05) is 0 Å². The number of phenols is 1. The van der Waals surface area contributed by atoms with Gasteiger partial charge in [-0.1, -0.05) is 56.7 Å². The van der Waals surface area contributed by atoms with Crippen LogP contribution >= 0.6 is 0 Å². The van der Waals surface area contributed by atoms with Crippen LogP contribution in [0.4, 0.5) is 0 Å². The molecule has 1 nitrogen and oxygen atoms in total. The smallest absolute Gasteiger partial charge is 0.123 e. The zero-order chi connectivity index (χ0) is 13.0. The first-order valence-electron chi connectivity index (χ1n) is 6.67. The van der Waals surface area contributed by atoms with Crippen molar-refractivity contribution in [3.63, 3.8) is 0 Å². The van der Waals surface area contributed by atoms with Crippen molar-refractivity contribution < 1.29 is 5.11 Å². The lowest BCUT2D eigenvalue weighted by Gasteiger charge is -2.15. The fourth-order valence-corrected chi connectivity index (χ4v) is 2.47. The molecule has 0 saturated heterocycles. The Hall–Kier alpha value is -1.76. The molecule has 0 spiro atoms. The van der Waals surface area contributed by atoms with Gasteiger partial charge in [-0.3, -0.25) is 0 Å². The van der Waals surface area contributed by atoms with Gasteiger partial charge in [-0.2, -0.15) is 0 Å². The Labute approximate surface area is 109 Å². The van der Waals surface area contributed by atoms with Crippen LogP contribution < -0.4 is 0 Å². The minimum atomic E-state index is 0.391. The van der Waals surface area contributed by atoms with E-state index in [1.807, 2.05) is 30.3 Å². The third-order valence-electron chi connectivity index (χ3n) is 3.33. The van der Waals surface area contributed by atoms with Gasteiger partial charge in [0.25, 0.3) is 0 Å². The van der Waals surface area contributed by atoms with Gasteiger partial charge >= 0.3 is 0 Å². The molecule has 0 aliphatic rings. The van der Waals surface area contributed by atoms with Gasteiger partial charge in [-0.15, -0.1) is 0 Å². The summed E-state index contributed by atoms with van der Waals surface area (Å²) in [4.78, 5) is 0. The summed E-state index contributed by atoms with van der Waals surface area (Å²) in [5.74, 6) is 0.391. The molecule has 2 aromatic rings. The molecule has 0 unspecified atom stereocenters. The molecule has 94 valence electrons. The first-order chi connectivity index (χ1) is 8.77. The molecular weight excluding hydrogens is 220 g/mol. The second kappa shape index (κ2) is 5.72. The van der Waals surface area contributed by atoms with Crippen molar-refractivity contribution in [2.24, 2.45) is 0 Å². The van der Waals surface area contributed by atoms with E-state index in [4.69, 9.17) is 0 Å². The first kappa shape index (κ1) is 12.7. The van der Waals surface area contributed by atoms with E-state index in [-0.39, 0.29) is 0 Å². The number of hydrogen-bond acceptors (Lipinski definition) is 1. The molecule has 18 heavy (non-hydrogen) atoms. The molecule has 1 N–H and O–H groups in total. The van der Waals surface area contributed by atoms with Crippen LogP contribution in [0.5, 0.6) is 5.75 Å². The Kier molecular flexibility index (Phi) is 4.03. The van der Waals surface area contributed by atoms with Crippen molar-refractivity contribution in [2.45, 2.75) is 33.1 Å². The highest BCUT2D eigenvalue weighted by Crippen LogP contribution is 2.35. The molecule has 0 aliphatic carbocycles. The van der Waals surface area contributed by atoms with Crippen LogP contribution in [0.25, 0.3) is 11.1 Å². The van der Waals surface area contributed by atoms with Crippen LogP contribution in [0.2, 0.25) is 0 Å². The second-order valence-electron chi connectivity index (χ2n) is 4.57. The Bertz CT molecular complexity index is 515. The summed E-state index contributed by atoms with van der Waals surface area (Å²) in [6.45, 7) is 4.35. The Morgan fingerprint density at radius 1 is 0.944 bits per heavy atom. The van der Waals surface area contributed by atoms with Gasteiger partial charge in [-0.25, -0.2) is 0 Å². The van der Waals surface area contributed by atoms with Gasteiger partial charge in [0.2, 0.25) is 0 Å². The molecular formula is C17H20O. The summed E-state index contributed by atoms with van der Waals surface area (Å²) in [6, 6.07) is 14.0. The van der Waals surface area contributed by atoms with E-state index in [1.165, 1.54) is 11.1 Å². The van der Waals surface area contributed by atoms with Gasteiger partial charge in [0.05, 0.1) is 0 Å². The quantitative estimate of drug-likeness (QED) is 0.829. The molecule has 0 saturated carbocycles. The van der Waals surface area contributed by atoms with E-state index in [9.17, 15) is 5.11 Å². The maximum absolute atomic E-state index is 10.2. The minimum Gasteiger partial charge on any atom is -0.507 e. The van der Waals surface area contributed by atoms with Gasteiger partial charge in [-0.05, 0) is 35.6 Å². The van der Waals surface area contributed by atoms with Gasteiger partial charge in [0.15, 0.2) is 0 Å². The topological polar surface area (TPSA) is 20.2 Å². The first-order valence-corrected chi connectivity index (χ1v) is 6.67. The molecule has 1 heteroatoms.